The average molecular weight is 621 g/mol. The van der Waals surface area contributed by atoms with Gasteiger partial charge in [0.05, 0.1) is 19.1 Å². The minimum Gasteiger partial charge on any atom is -0.497 e. The van der Waals surface area contributed by atoms with Gasteiger partial charge in [-0.25, -0.2) is 8.42 Å². The third-order valence-corrected chi connectivity index (χ3v) is 7.65. The van der Waals surface area contributed by atoms with Crippen molar-refractivity contribution in [2.45, 2.75) is 45.3 Å². The van der Waals surface area contributed by atoms with Crippen LogP contribution in [0.15, 0.2) is 72.8 Å². The van der Waals surface area contributed by atoms with Crippen molar-refractivity contribution >= 4 is 50.7 Å². The van der Waals surface area contributed by atoms with Gasteiger partial charge in [0, 0.05) is 28.5 Å². The zero-order valence-corrected chi connectivity index (χ0v) is 26.1. The van der Waals surface area contributed by atoms with Crippen molar-refractivity contribution in [1.29, 1.82) is 0 Å². The van der Waals surface area contributed by atoms with E-state index in [1.807, 2.05) is 57.2 Å². The highest BCUT2D eigenvalue weighted by Gasteiger charge is 2.34. The molecule has 0 aliphatic carbocycles. The van der Waals surface area contributed by atoms with E-state index in [0.29, 0.717) is 11.3 Å². The maximum absolute atomic E-state index is 14.1. The van der Waals surface area contributed by atoms with E-state index in [1.165, 1.54) is 30.2 Å². The molecular formula is C30H35Cl2N3O5S. The largest absolute Gasteiger partial charge is 0.497 e. The molecule has 0 saturated heterocycles. The Labute approximate surface area is 252 Å². The Balaban J connectivity index is 2.11. The number of amides is 2. The van der Waals surface area contributed by atoms with Gasteiger partial charge in [-0.2, -0.15) is 0 Å². The summed E-state index contributed by atoms with van der Waals surface area (Å²) in [6.07, 6.45) is 1.20. The van der Waals surface area contributed by atoms with Crippen LogP contribution in [0.2, 0.25) is 10.0 Å². The molecule has 220 valence electrons. The summed E-state index contributed by atoms with van der Waals surface area (Å²) < 4.78 is 32.1. The first kappa shape index (κ1) is 32.2. The molecule has 2 amide bonds. The number of rotatable bonds is 11. The topological polar surface area (TPSA) is 96.0 Å². The number of nitrogens with zero attached hydrogens (tertiary/aromatic N) is 2. The summed E-state index contributed by atoms with van der Waals surface area (Å²) in [5.74, 6) is -0.367. The van der Waals surface area contributed by atoms with Crippen molar-refractivity contribution in [1.82, 2.24) is 10.2 Å². The summed E-state index contributed by atoms with van der Waals surface area (Å²) in [5, 5.41) is 3.42. The molecule has 11 heteroatoms. The van der Waals surface area contributed by atoms with Crippen molar-refractivity contribution in [2.75, 3.05) is 24.2 Å². The van der Waals surface area contributed by atoms with Crippen molar-refractivity contribution in [2.24, 2.45) is 0 Å². The molecule has 0 bridgehead atoms. The molecule has 0 aliphatic rings. The predicted octanol–water partition coefficient (Wildman–Crippen LogP) is 5.32. The number of carbonyl (C=O) groups excluding carboxylic acids is 2. The molecule has 0 aromatic heterocycles. The maximum Gasteiger partial charge on any atom is 0.244 e. The Morgan fingerprint density at radius 3 is 2.10 bits per heavy atom. The third-order valence-electron chi connectivity index (χ3n) is 6.07. The minimum atomic E-state index is -3.95. The van der Waals surface area contributed by atoms with Crippen LogP contribution in [0.3, 0.4) is 0 Å². The Hall–Kier alpha value is -3.27. The molecule has 0 unspecified atom stereocenters. The van der Waals surface area contributed by atoms with Crippen molar-refractivity contribution in [3.8, 4) is 5.75 Å². The molecule has 0 radical (unpaired) electrons. The quantitative estimate of drug-likeness (QED) is 0.313. The van der Waals surface area contributed by atoms with Gasteiger partial charge in [-0.05, 0) is 62.2 Å². The van der Waals surface area contributed by atoms with Crippen LogP contribution >= 0.6 is 23.2 Å². The summed E-state index contributed by atoms with van der Waals surface area (Å²) in [6.45, 7) is 5.01. The van der Waals surface area contributed by atoms with Crippen LogP contribution in [0, 0.1) is 0 Å². The lowest BCUT2D eigenvalue weighted by atomic mass is 10.0. The van der Waals surface area contributed by atoms with Gasteiger partial charge >= 0.3 is 0 Å². The molecule has 3 aromatic rings. The van der Waals surface area contributed by atoms with Gasteiger partial charge in [-0.1, -0.05) is 65.7 Å². The van der Waals surface area contributed by atoms with Crippen LogP contribution < -0.4 is 14.4 Å². The van der Waals surface area contributed by atoms with Crippen LogP contribution in [0.25, 0.3) is 0 Å². The van der Waals surface area contributed by atoms with Crippen molar-refractivity contribution < 1.29 is 22.7 Å². The normalized spacial score (nSPS) is 12.4. The van der Waals surface area contributed by atoms with Crippen LogP contribution in [0.4, 0.5) is 5.69 Å². The molecule has 3 rings (SSSR count). The molecule has 0 heterocycles. The van der Waals surface area contributed by atoms with Crippen LogP contribution in [-0.2, 0) is 32.6 Å². The van der Waals surface area contributed by atoms with E-state index in [4.69, 9.17) is 27.9 Å². The lowest BCUT2D eigenvalue weighted by Gasteiger charge is -2.35. The second kappa shape index (κ2) is 13.6. The molecule has 3 aromatic carbocycles. The van der Waals surface area contributed by atoms with Gasteiger partial charge in [-0.3, -0.25) is 13.9 Å². The number of ether oxygens (including phenoxy) is 1. The number of halogens is 2. The van der Waals surface area contributed by atoms with Gasteiger partial charge in [0.2, 0.25) is 21.8 Å². The maximum atomic E-state index is 14.1. The molecule has 0 aliphatic heterocycles. The second-order valence-corrected chi connectivity index (χ2v) is 13.5. The molecule has 1 N–H and O–H groups in total. The van der Waals surface area contributed by atoms with Crippen molar-refractivity contribution in [3.63, 3.8) is 0 Å². The third kappa shape index (κ3) is 9.66. The van der Waals surface area contributed by atoms with Gasteiger partial charge in [0.25, 0.3) is 0 Å². The Bertz CT molecular complexity index is 1460. The summed E-state index contributed by atoms with van der Waals surface area (Å²) in [7, 11) is -2.41. The number of hydrogen-bond acceptors (Lipinski definition) is 5. The highest BCUT2D eigenvalue weighted by molar-refractivity contribution is 7.92. The molecule has 0 fully saturated rings. The molecule has 8 nitrogen and oxygen atoms in total. The predicted molar refractivity (Wildman–Crippen MR) is 164 cm³/mol. The first-order valence-corrected chi connectivity index (χ1v) is 15.5. The minimum absolute atomic E-state index is 0.0268. The smallest absolute Gasteiger partial charge is 0.244 e. The zero-order valence-electron chi connectivity index (χ0n) is 23.7. The fourth-order valence-electron chi connectivity index (χ4n) is 4.27. The van der Waals surface area contributed by atoms with E-state index in [2.05, 4.69) is 5.32 Å². The van der Waals surface area contributed by atoms with E-state index < -0.39 is 34.1 Å². The fourth-order valence-corrected chi connectivity index (χ4v) is 5.62. The van der Waals surface area contributed by atoms with E-state index >= 15 is 0 Å². The first-order valence-electron chi connectivity index (χ1n) is 12.9. The van der Waals surface area contributed by atoms with Gasteiger partial charge in [-0.15, -0.1) is 0 Å². The summed E-state index contributed by atoms with van der Waals surface area (Å²) in [6, 6.07) is 19.8. The molecular weight excluding hydrogens is 585 g/mol. The standard InChI is InChI=1S/C30H35Cl2N3O5S/c1-30(2,3)33-29(37)27(15-21-10-7-6-8-11-21)34(19-22-12-9-13-26(14-22)40-4)28(36)20-35(41(5,38)39)25-17-23(31)16-24(32)18-25/h6-14,16-18,27H,15,19-20H2,1-5H3,(H,33,37)/t27-/m1/s1. The Morgan fingerprint density at radius 1 is 0.927 bits per heavy atom. The molecule has 41 heavy (non-hydrogen) atoms. The number of benzene rings is 3. The van der Waals surface area contributed by atoms with E-state index in [0.717, 1.165) is 16.1 Å². The lowest BCUT2D eigenvalue weighted by Crippen LogP contribution is -2.56. The lowest BCUT2D eigenvalue weighted by molar-refractivity contribution is -0.140. The SMILES string of the molecule is COc1cccc(CN(C(=O)CN(c2cc(Cl)cc(Cl)c2)S(C)(=O)=O)[C@H](Cc2ccccc2)C(=O)NC(C)(C)C)c1. The van der Waals surface area contributed by atoms with E-state index in [9.17, 15) is 18.0 Å². The van der Waals surface area contributed by atoms with Gasteiger partial charge in [0.1, 0.15) is 18.3 Å². The average Bonchev–Trinajstić information content (AvgIpc) is 2.87. The molecule has 0 saturated carbocycles. The highest BCUT2D eigenvalue weighted by atomic mass is 35.5. The fraction of sp³-hybridized carbons (Fsp3) is 0.333. The summed E-state index contributed by atoms with van der Waals surface area (Å²) in [5.41, 5.74) is 1.11. The molecule has 0 spiro atoms. The highest BCUT2D eigenvalue weighted by Crippen LogP contribution is 2.28. The number of sulfonamides is 1. The zero-order chi connectivity index (χ0) is 30.4. The molecule has 1 atom stereocenters. The van der Waals surface area contributed by atoms with E-state index in [-0.39, 0.29) is 34.6 Å². The van der Waals surface area contributed by atoms with Crippen LogP contribution in [0.1, 0.15) is 31.9 Å². The number of hydrogen-bond donors (Lipinski definition) is 1. The second-order valence-electron chi connectivity index (χ2n) is 10.7. The monoisotopic (exact) mass is 619 g/mol. The van der Waals surface area contributed by atoms with Crippen LogP contribution in [-0.4, -0.2) is 56.6 Å². The number of methoxy groups -OCH3 is 1. The first-order chi connectivity index (χ1) is 19.2. The van der Waals surface area contributed by atoms with Gasteiger partial charge < -0.3 is 15.0 Å². The van der Waals surface area contributed by atoms with Crippen molar-refractivity contribution in [3.05, 3.63) is 94.0 Å². The Kier molecular flexibility index (Phi) is 10.7. The summed E-state index contributed by atoms with van der Waals surface area (Å²) >= 11 is 12.3. The summed E-state index contributed by atoms with van der Waals surface area (Å²) in [4.78, 5) is 29.3. The number of anilines is 1. The van der Waals surface area contributed by atoms with E-state index in [1.54, 1.807) is 18.2 Å². The van der Waals surface area contributed by atoms with Gasteiger partial charge in [0.15, 0.2) is 0 Å². The Morgan fingerprint density at radius 2 is 1.54 bits per heavy atom. The van der Waals surface area contributed by atoms with Crippen LogP contribution in [0.5, 0.6) is 5.75 Å². The number of nitrogens with one attached hydrogen (secondary N) is 1. The number of carbonyl (C=O) groups is 2.